The van der Waals surface area contributed by atoms with Crippen LogP contribution in [-0.2, 0) is 10.0 Å². The number of nitrogens with one attached hydrogen (secondary N) is 2. The van der Waals surface area contributed by atoms with E-state index in [1.807, 2.05) is 0 Å². The zero-order valence-electron chi connectivity index (χ0n) is 11.5. The van der Waals surface area contributed by atoms with Gasteiger partial charge in [0.05, 0.1) is 9.77 Å². The van der Waals surface area contributed by atoms with E-state index in [2.05, 4.69) is 10.0 Å². The number of sulfonamides is 1. The van der Waals surface area contributed by atoms with Crippen molar-refractivity contribution in [2.75, 3.05) is 7.05 Å². The van der Waals surface area contributed by atoms with Gasteiger partial charge in [-0.05, 0) is 18.9 Å². The summed E-state index contributed by atoms with van der Waals surface area (Å²) in [7, 11) is -1.99. The van der Waals surface area contributed by atoms with Crippen LogP contribution in [0.2, 0.25) is 0 Å². The number of rotatable bonds is 4. The molecule has 2 N–H and O–H groups in total. The molecule has 0 bridgehead atoms. The van der Waals surface area contributed by atoms with Gasteiger partial charge in [-0.15, -0.1) is 11.3 Å². The third-order valence-electron chi connectivity index (χ3n) is 3.51. The molecule has 0 aliphatic heterocycles. The van der Waals surface area contributed by atoms with Gasteiger partial charge in [0, 0.05) is 18.5 Å². The lowest BCUT2D eigenvalue weighted by molar-refractivity contribution is 0.0967. The highest BCUT2D eigenvalue weighted by molar-refractivity contribution is 7.89. The molecule has 0 atom stereocenters. The van der Waals surface area contributed by atoms with E-state index in [1.165, 1.54) is 31.3 Å². The van der Waals surface area contributed by atoms with E-state index < -0.39 is 10.0 Å². The lowest BCUT2D eigenvalue weighted by atomic mass is 10.1. The standard InChI is InChI=1S/C13H20N2O3S2/c1-14-13(16)12-8-11(9-19-12)20(17,18)15-10-6-4-2-3-5-7-10/h8-10,15H,2-7H2,1H3,(H,14,16). The summed E-state index contributed by atoms with van der Waals surface area (Å²) in [6, 6.07) is 1.45. The molecule has 1 saturated carbocycles. The average molecular weight is 316 g/mol. The van der Waals surface area contributed by atoms with E-state index in [0.717, 1.165) is 37.0 Å². The van der Waals surface area contributed by atoms with Crippen molar-refractivity contribution in [2.45, 2.75) is 49.5 Å². The van der Waals surface area contributed by atoms with Crippen LogP contribution in [0.4, 0.5) is 0 Å². The summed E-state index contributed by atoms with van der Waals surface area (Å²) in [5, 5.41) is 4.01. The second-order valence-electron chi connectivity index (χ2n) is 5.04. The van der Waals surface area contributed by atoms with Crippen molar-refractivity contribution in [3.05, 3.63) is 16.3 Å². The van der Waals surface area contributed by atoms with Crippen molar-refractivity contribution >= 4 is 27.3 Å². The van der Waals surface area contributed by atoms with Gasteiger partial charge in [-0.1, -0.05) is 25.7 Å². The van der Waals surface area contributed by atoms with Crippen molar-refractivity contribution in [3.8, 4) is 0 Å². The molecule has 1 amide bonds. The molecule has 0 saturated heterocycles. The average Bonchev–Trinajstić information content (AvgIpc) is 2.79. The molecule has 112 valence electrons. The molecule has 5 nitrogen and oxygen atoms in total. The Morgan fingerprint density at radius 1 is 1.25 bits per heavy atom. The summed E-state index contributed by atoms with van der Waals surface area (Å²) in [5.74, 6) is -0.258. The van der Waals surface area contributed by atoms with Crippen LogP contribution in [-0.4, -0.2) is 27.4 Å². The molecular weight excluding hydrogens is 296 g/mol. The van der Waals surface area contributed by atoms with Gasteiger partial charge in [-0.25, -0.2) is 13.1 Å². The van der Waals surface area contributed by atoms with Gasteiger partial charge < -0.3 is 5.32 Å². The van der Waals surface area contributed by atoms with Crippen LogP contribution < -0.4 is 10.0 Å². The molecular formula is C13H20N2O3S2. The van der Waals surface area contributed by atoms with Crippen LogP contribution in [0.15, 0.2) is 16.3 Å². The van der Waals surface area contributed by atoms with E-state index in [9.17, 15) is 13.2 Å². The maximum Gasteiger partial charge on any atom is 0.261 e. The maximum atomic E-state index is 12.3. The highest BCUT2D eigenvalue weighted by Crippen LogP contribution is 2.22. The summed E-state index contributed by atoms with van der Waals surface area (Å²) in [6.45, 7) is 0. The fourth-order valence-electron chi connectivity index (χ4n) is 2.39. The van der Waals surface area contributed by atoms with Gasteiger partial charge in [-0.3, -0.25) is 4.79 Å². The van der Waals surface area contributed by atoms with E-state index in [4.69, 9.17) is 0 Å². The predicted molar refractivity (Wildman–Crippen MR) is 79.5 cm³/mol. The minimum absolute atomic E-state index is 0.0193. The number of carbonyl (C=O) groups excluding carboxylic acids is 1. The summed E-state index contributed by atoms with van der Waals surface area (Å²) < 4.78 is 27.4. The van der Waals surface area contributed by atoms with Crippen molar-refractivity contribution in [2.24, 2.45) is 0 Å². The zero-order valence-corrected chi connectivity index (χ0v) is 13.1. The topological polar surface area (TPSA) is 75.3 Å². The Labute approximate surface area is 123 Å². The van der Waals surface area contributed by atoms with E-state index in [-0.39, 0.29) is 16.8 Å². The second-order valence-corrected chi connectivity index (χ2v) is 7.66. The van der Waals surface area contributed by atoms with Crippen LogP contribution in [0.1, 0.15) is 48.2 Å². The molecule has 0 aromatic carbocycles. The quantitative estimate of drug-likeness (QED) is 0.835. The highest BCUT2D eigenvalue weighted by Gasteiger charge is 2.23. The minimum Gasteiger partial charge on any atom is -0.354 e. The minimum atomic E-state index is -3.52. The number of thiophene rings is 1. The Kier molecular flexibility index (Phi) is 5.17. The molecule has 2 rings (SSSR count). The largest absolute Gasteiger partial charge is 0.354 e. The normalized spacial score (nSPS) is 17.6. The fourth-order valence-corrected chi connectivity index (χ4v) is 4.91. The third kappa shape index (κ3) is 3.80. The number of amides is 1. The van der Waals surface area contributed by atoms with Crippen molar-refractivity contribution in [1.29, 1.82) is 0 Å². The van der Waals surface area contributed by atoms with Crippen molar-refractivity contribution in [3.63, 3.8) is 0 Å². The SMILES string of the molecule is CNC(=O)c1cc(S(=O)(=O)NC2CCCCCC2)cs1. The van der Waals surface area contributed by atoms with E-state index >= 15 is 0 Å². The molecule has 1 aliphatic rings. The van der Waals surface area contributed by atoms with Crippen LogP contribution in [0.25, 0.3) is 0 Å². The van der Waals surface area contributed by atoms with Gasteiger partial charge in [0.25, 0.3) is 5.91 Å². The number of carbonyl (C=O) groups is 1. The summed E-state index contributed by atoms with van der Waals surface area (Å²) >= 11 is 1.14. The first-order valence-corrected chi connectivity index (χ1v) is 9.22. The number of hydrogen-bond acceptors (Lipinski definition) is 4. The Balaban J connectivity index is 2.09. The summed E-state index contributed by atoms with van der Waals surface area (Å²) in [5.41, 5.74) is 0. The summed E-state index contributed by atoms with van der Waals surface area (Å²) in [4.78, 5) is 12.1. The van der Waals surface area contributed by atoms with Gasteiger partial charge in [0.1, 0.15) is 0 Å². The molecule has 1 aliphatic carbocycles. The van der Waals surface area contributed by atoms with Crippen LogP contribution in [0.5, 0.6) is 0 Å². The van der Waals surface area contributed by atoms with Gasteiger partial charge in [0.15, 0.2) is 0 Å². The molecule has 1 heterocycles. The van der Waals surface area contributed by atoms with Crippen LogP contribution in [0.3, 0.4) is 0 Å². The van der Waals surface area contributed by atoms with Crippen LogP contribution >= 0.6 is 11.3 Å². The first-order chi connectivity index (χ1) is 9.53. The van der Waals surface area contributed by atoms with Gasteiger partial charge >= 0.3 is 0 Å². The fraction of sp³-hybridized carbons (Fsp3) is 0.615. The maximum absolute atomic E-state index is 12.3. The Bertz CT molecular complexity index is 558. The molecule has 0 spiro atoms. The van der Waals surface area contributed by atoms with Crippen molar-refractivity contribution < 1.29 is 13.2 Å². The monoisotopic (exact) mass is 316 g/mol. The summed E-state index contributed by atoms with van der Waals surface area (Å²) in [6.07, 6.45) is 6.28. The first kappa shape index (κ1) is 15.5. The van der Waals surface area contributed by atoms with Crippen LogP contribution in [0, 0.1) is 0 Å². The molecule has 7 heteroatoms. The molecule has 1 aromatic rings. The Hall–Kier alpha value is -0.920. The second kappa shape index (κ2) is 6.69. The molecule has 1 aromatic heterocycles. The first-order valence-electron chi connectivity index (χ1n) is 6.86. The van der Waals surface area contributed by atoms with Gasteiger partial charge in [-0.2, -0.15) is 0 Å². The molecule has 20 heavy (non-hydrogen) atoms. The number of hydrogen-bond donors (Lipinski definition) is 2. The molecule has 0 unspecified atom stereocenters. The highest BCUT2D eigenvalue weighted by atomic mass is 32.2. The predicted octanol–water partition coefficient (Wildman–Crippen LogP) is 2.11. The van der Waals surface area contributed by atoms with E-state index in [1.54, 1.807) is 0 Å². The van der Waals surface area contributed by atoms with Gasteiger partial charge in [0.2, 0.25) is 10.0 Å². The third-order valence-corrected chi connectivity index (χ3v) is 6.09. The Morgan fingerprint density at radius 3 is 2.50 bits per heavy atom. The lowest BCUT2D eigenvalue weighted by Gasteiger charge is -2.15. The Morgan fingerprint density at radius 2 is 1.90 bits per heavy atom. The molecule has 1 fully saturated rings. The lowest BCUT2D eigenvalue weighted by Crippen LogP contribution is -2.34. The molecule has 0 radical (unpaired) electrons. The van der Waals surface area contributed by atoms with Crippen molar-refractivity contribution in [1.82, 2.24) is 10.0 Å². The zero-order chi connectivity index (χ0) is 14.6. The van der Waals surface area contributed by atoms with E-state index in [0.29, 0.717) is 4.88 Å². The smallest absolute Gasteiger partial charge is 0.261 e.